The Balaban J connectivity index is 0.00000261. The number of carbonyl (C=O) groups excluding carboxylic acids is 2. The molecule has 156 valence electrons. The smallest absolute Gasteiger partial charge is 0.228 e. The molecule has 3 aliphatic rings. The van der Waals surface area contributed by atoms with Gasteiger partial charge in [0.1, 0.15) is 0 Å². The van der Waals surface area contributed by atoms with Gasteiger partial charge in [-0.25, -0.2) is 0 Å². The maximum Gasteiger partial charge on any atom is 0.228 e. The lowest BCUT2D eigenvalue weighted by Crippen LogP contribution is -2.47. The van der Waals surface area contributed by atoms with Crippen LogP contribution in [0.5, 0.6) is 0 Å². The molecule has 2 saturated carbocycles. The van der Waals surface area contributed by atoms with Crippen molar-refractivity contribution in [3.8, 4) is 0 Å². The predicted octanol–water partition coefficient (Wildman–Crippen LogP) is 3.17. The van der Waals surface area contributed by atoms with E-state index in [1.165, 1.54) is 64.2 Å². The summed E-state index contributed by atoms with van der Waals surface area (Å²) >= 11 is 0. The van der Waals surface area contributed by atoms with E-state index in [1.54, 1.807) is 0 Å². The molecule has 5 nitrogen and oxygen atoms in total. The van der Waals surface area contributed by atoms with Crippen LogP contribution in [-0.2, 0) is 9.59 Å². The first-order chi connectivity index (χ1) is 12.7. The van der Waals surface area contributed by atoms with Gasteiger partial charge >= 0.3 is 0 Å². The zero-order chi connectivity index (χ0) is 18.2. The number of hydrogen-bond donors (Lipinski definition) is 3. The van der Waals surface area contributed by atoms with E-state index in [0.29, 0.717) is 24.8 Å². The number of amides is 2. The van der Waals surface area contributed by atoms with E-state index in [2.05, 4.69) is 16.0 Å². The minimum absolute atomic E-state index is 0. The van der Waals surface area contributed by atoms with Crippen molar-refractivity contribution < 1.29 is 9.59 Å². The van der Waals surface area contributed by atoms with Gasteiger partial charge in [-0.05, 0) is 50.5 Å². The first-order valence-electron chi connectivity index (χ1n) is 10.9. The number of nitrogens with one attached hydrogen (secondary N) is 3. The zero-order valence-corrected chi connectivity index (χ0v) is 17.5. The SMILES string of the molecule is Cl.O=C(CC1(C(=O)NCC2CCCCC2)CCNC1)NCC1CCCCC1. The van der Waals surface area contributed by atoms with Crippen LogP contribution in [-0.4, -0.2) is 38.0 Å². The van der Waals surface area contributed by atoms with Gasteiger partial charge in [-0.2, -0.15) is 0 Å². The van der Waals surface area contributed by atoms with Gasteiger partial charge in [0.05, 0.1) is 5.41 Å². The average molecular weight is 400 g/mol. The molecule has 0 aromatic carbocycles. The molecule has 3 N–H and O–H groups in total. The molecule has 1 unspecified atom stereocenters. The van der Waals surface area contributed by atoms with Gasteiger partial charge in [-0.1, -0.05) is 38.5 Å². The van der Waals surface area contributed by atoms with E-state index >= 15 is 0 Å². The molecule has 0 aromatic rings. The van der Waals surface area contributed by atoms with Crippen LogP contribution in [0.4, 0.5) is 0 Å². The van der Waals surface area contributed by atoms with Crippen LogP contribution in [0.1, 0.15) is 77.0 Å². The lowest BCUT2D eigenvalue weighted by molar-refractivity contribution is -0.135. The summed E-state index contributed by atoms with van der Waals surface area (Å²) in [7, 11) is 0. The molecule has 1 saturated heterocycles. The molecule has 0 bridgehead atoms. The van der Waals surface area contributed by atoms with Crippen LogP contribution >= 0.6 is 12.4 Å². The summed E-state index contributed by atoms with van der Waals surface area (Å²) in [6, 6.07) is 0. The molecule has 0 aromatic heterocycles. The van der Waals surface area contributed by atoms with Crippen LogP contribution < -0.4 is 16.0 Å². The third-order valence-corrected chi connectivity index (χ3v) is 6.81. The normalized spacial score (nSPS) is 27.0. The monoisotopic (exact) mass is 399 g/mol. The summed E-state index contributed by atoms with van der Waals surface area (Å²) in [5.41, 5.74) is -0.550. The Bertz CT molecular complexity index is 468. The first-order valence-corrected chi connectivity index (χ1v) is 10.9. The molecule has 0 spiro atoms. The molecule has 2 amide bonds. The van der Waals surface area contributed by atoms with Crippen molar-refractivity contribution in [3.05, 3.63) is 0 Å². The summed E-state index contributed by atoms with van der Waals surface area (Å²) in [5.74, 6) is 1.39. The Morgan fingerprint density at radius 1 is 0.852 bits per heavy atom. The van der Waals surface area contributed by atoms with E-state index in [1.807, 2.05) is 0 Å². The lowest BCUT2D eigenvalue weighted by atomic mass is 9.81. The molecule has 1 heterocycles. The number of rotatable bonds is 7. The van der Waals surface area contributed by atoms with Crippen LogP contribution in [0.3, 0.4) is 0 Å². The van der Waals surface area contributed by atoms with E-state index in [4.69, 9.17) is 0 Å². The third kappa shape index (κ3) is 6.63. The third-order valence-electron chi connectivity index (χ3n) is 6.81. The van der Waals surface area contributed by atoms with Gasteiger partial charge in [-0.3, -0.25) is 9.59 Å². The van der Waals surface area contributed by atoms with Crippen LogP contribution in [0, 0.1) is 17.3 Å². The molecular formula is C21H38ClN3O2. The fourth-order valence-corrected chi connectivity index (χ4v) is 5.00. The van der Waals surface area contributed by atoms with Gasteiger partial charge in [0.2, 0.25) is 11.8 Å². The molecule has 6 heteroatoms. The van der Waals surface area contributed by atoms with Gasteiger partial charge in [-0.15, -0.1) is 12.4 Å². The fraction of sp³-hybridized carbons (Fsp3) is 0.905. The van der Waals surface area contributed by atoms with E-state index in [0.717, 1.165) is 26.1 Å². The molecule has 1 aliphatic heterocycles. The second-order valence-electron chi connectivity index (χ2n) is 8.91. The highest BCUT2D eigenvalue weighted by Gasteiger charge is 2.43. The lowest BCUT2D eigenvalue weighted by Gasteiger charge is -2.29. The van der Waals surface area contributed by atoms with Crippen molar-refractivity contribution in [2.75, 3.05) is 26.2 Å². The molecule has 3 rings (SSSR count). The summed E-state index contributed by atoms with van der Waals surface area (Å²) in [4.78, 5) is 25.5. The second-order valence-corrected chi connectivity index (χ2v) is 8.91. The second kappa shape index (κ2) is 11.3. The molecule has 3 fully saturated rings. The summed E-state index contributed by atoms with van der Waals surface area (Å²) in [6.07, 6.45) is 13.8. The standard InChI is InChI=1S/C21H37N3O2.ClH/c25-19(23-14-17-7-3-1-4-8-17)13-21(11-12-22-16-21)20(26)24-15-18-9-5-2-6-10-18;/h17-18,22H,1-16H2,(H,23,25)(H,24,26);1H. The van der Waals surface area contributed by atoms with Gasteiger partial charge in [0.15, 0.2) is 0 Å². The summed E-state index contributed by atoms with van der Waals surface area (Å²) < 4.78 is 0. The first kappa shape index (κ1) is 22.5. The van der Waals surface area contributed by atoms with Crippen molar-refractivity contribution in [2.45, 2.75) is 77.0 Å². The predicted molar refractivity (Wildman–Crippen MR) is 111 cm³/mol. The van der Waals surface area contributed by atoms with E-state index in [-0.39, 0.29) is 24.2 Å². The molecular weight excluding hydrogens is 362 g/mol. The molecule has 2 aliphatic carbocycles. The summed E-state index contributed by atoms with van der Waals surface area (Å²) in [5, 5.41) is 9.61. The van der Waals surface area contributed by atoms with Gasteiger partial charge in [0, 0.05) is 26.1 Å². The fourth-order valence-electron chi connectivity index (χ4n) is 5.00. The van der Waals surface area contributed by atoms with E-state index in [9.17, 15) is 9.59 Å². The number of halogens is 1. The minimum atomic E-state index is -0.550. The van der Waals surface area contributed by atoms with Crippen molar-refractivity contribution in [1.29, 1.82) is 0 Å². The quantitative estimate of drug-likeness (QED) is 0.615. The van der Waals surface area contributed by atoms with Crippen molar-refractivity contribution >= 4 is 24.2 Å². The van der Waals surface area contributed by atoms with Crippen molar-refractivity contribution in [2.24, 2.45) is 17.3 Å². The van der Waals surface area contributed by atoms with Crippen molar-refractivity contribution in [3.63, 3.8) is 0 Å². The highest BCUT2D eigenvalue weighted by atomic mass is 35.5. The Labute approximate surface area is 170 Å². The Kier molecular flexibility index (Phi) is 9.37. The number of hydrogen-bond acceptors (Lipinski definition) is 3. The van der Waals surface area contributed by atoms with Crippen LogP contribution in [0.15, 0.2) is 0 Å². The van der Waals surface area contributed by atoms with Gasteiger partial charge < -0.3 is 16.0 Å². The maximum absolute atomic E-state index is 12.9. The van der Waals surface area contributed by atoms with Crippen LogP contribution in [0.25, 0.3) is 0 Å². The number of carbonyl (C=O) groups is 2. The Morgan fingerprint density at radius 3 is 1.93 bits per heavy atom. The zero-order valence-electron chi connectivity index (χ0n) is 16.7. The molecule has 0 radical (unpaired) electrons. The largest absolute Gasteiger partial charge is 0.356 e. The topological polar surface area (TPSA) is 70.2 Å². The molecule has 27 heavy (non-hydrogen) atoms. The molecule has 1 atom stereocenters. The van der Waals surface area contributed by atoms with Gasteiger partial charge in [0.25, 0.3) is 0 Å². The Morgan fingerprint density at radius 2 is 1.41 bits per heavy atom. The van der Waals surface area contributed by atoms with E-state index < -0.39 is 5.41 Å². The minimum Gasteiger partial charge on any atom is -0.356 e. The van der Waals surface area contributed by atoms with Crippen molar-refractivity contribution in [1.82, 2.24) is 16.0 Å². The highest BCUT2D eigenvalue weighted by molar-refractivity contribution is 5.89. The van der Waals surface area contributed by atoms with Crippen LogP contribution in [0.2, 0.25) is 0 Å². The maximum atomic E-state index is 12.9. The summed E-state index contributed by atoms with van der Waals surface area (Å²) in [6.45, 7) is 3.02. The Hall–Kier alpha value is -0.810. The highest BCUT2D eigenvalue weighted by Crippen LogP contribution is 2.31. The average Bonchev–Trinajstić information content (AvgIpc) is 3.16.